The molecule has 1 aromatic carbocycles. The Hall–Kier alpha value is -3.42. The highest BCUT2D eigenvalue weighted by Gasteiger charge is 2.20. The number of ether oxygens (including phenoxy) is 2. The molecule has 0 atom stereocenters. The van der Waals surface area contributed by atoms with Crippen LogP contribution in [0.5, 0.6) is 11.5 Å². The second-order valence-corrected chi connectivity index (χ2v) is 6.67. The lowest BCUT2D eigenvalue weighted by Crippen LogP contribution is -2.34. The highest BCUT2D eigenvalue weighted by atomic mass is 16.6. The summed E-state index contributed by atoms with van der Waals surface area (Å²) < 4.78 is 11.2. The van der Waals surface area contributed by atoms with Crippen molar-refractivity contribution in [2.24, 2.45) is 10.3 Å². The Morgan fingerprint density at radius 2 is 2.07 bits per heavy atom. The maximum absolute atomic E-state index is 12.5. The molecule has 1 amide bonds. The average Bonchev–Trinajstić information content (AvgIpc) is 2.81. The van der Waals surface area contributed by atoms with Gasteiger partial charge in [-0.15, -0.1) is 0 Å². The van der Waals surface area contributed by atoms with Gasteiger partial charge in [-0.25, -0.2) is 5.01 Å². The summed E-state index contributed by atoms with van der Waals surface area (Å²) >= 11 is 0. The molecular weight excluding hydrogens is 384 g/mol. The molecule has 1 aliphatic heterocycles. The lowest BCUT2D eigenvalue weighted by atomic mass is 10.0. The van der Waals surface area contributed by atoms with E-state index >= 15 is 0 Å². The average molecular weight is 410 g/mol. The number of hydrazone groups is 1. The van der Waals surface area contributed by atoms with Gasteiger partial charge in [-0.3, -0.25) is 9.78 Å². The van der Waals surface area contributed by atoms with Crippen molar-refractivity contribution in [2.75, 3.05) is 26.9 Å². The van der Waals surface area contributed by atoms with Crippen LogP contribution >= 0.6 is 0 Å². The maximum Gasteiger partial charge on any atom is 0.283 e. The number of aromatic nitrogens is 1. The van der Waals surface area contributed by atoms with Crippen molar-refractivity contribution in [3.63, 3.8) is 0 Å². The van der Waals surface area contributed by atoms with Gasteiger partial charge in [-0.1, -0.05) is 12.1 Å². The molecule has 8 nitrogen and oxygen atoms in total. The second-order valence-electron chi connectivity index (χ2n) is 6.67. The molecule has 2 heterocycles. The molecule has 0 spiro atoms. The molecule has 30 heavy (non-hydrogen) atoms. The van der Waals surface area contributed by atoms with Crippen molar-refractivity contribution in [2.45, 2.75) is 26.2 Å². The summed E-state index contributed by atoms with van der Waals surface area (Å²) in [4.78, 5) is 21.5. The van der Waals surface area contributed by atoms with E-state index < -0.39 is 0 Å². The van der Waals surface area contributed by atoms with Crippen LogP contribution in [0.3, 0.4) is 0 Å². The Bertz CT molecular complexity index is 899. The largest absolute Gasteiger partial charge is 0.493 e. The molecule has 2 aromatic rings. The quantitative estimate of drug-likeness (QED) is 0.468. The Kier molecular flexibility index (Phi) is 7.77. The molecule has 0 N–H and O–H groups in total. The molecule has 0 saturated heterocycles. The number of hydrogen-bond acceptors (Lipinski definition) is 7. The van der Waals surface area contributed by atoms with Crippen molar-refractivity contribution < 1.29 is 19.1 Å². The summed E-state index contributed by atoms with van der Waals surface area (Å²) in [7, 11) is 1.61. The van der Waals surface area contributed by atoms with E-state index in [9.17, 15) is 4.79 Å². The molecule has 0 bridgehead atoms. The second kappa shape index (κ2) is 10.9. The van der Waals surface area contributed by atoms with Gasteiger partial charge in [-0.05, 0) is 55.2 Å². The normalized spacial score (nSPS) is 13.8. The van der Waals surface area contributed by atoms with Gasteiger partial charge in [-0.2, -0.15) is 5.10 Å². The van der Waals surface area contributed by atoms with Crippen LogP contribution in [0.15, 0.2) is 53.0 Å². The van der Waals surface area contributed by atoms with Crippen molar-refractivity contribution >= 4 is 17.8 Å². The predicted molar refractivity (Wildman–Crippen MR) is 114 cm³/mol. The van der Waals surface area contributed by atoms with Gasteiger partial charge >= 0.3 is 0 Å². The minimum Gasteiger partial charge on any atom is -0.493 e. The van der Waals surface area contributed by atoms with Crippen molar-refractivity contribution in [3.8, 4) is 11.5 Å². The van der Waals surface area contributed by atoms with E-state index in [-0.39, 0.29) is 12.5 Å². The van der Waals surface area contributed by atoms with Crippen LogP contribution < -0.4 is 9.47 Å². The van der Waals surface area contributed by atoms with Crippen LogP contribution in [0, 0.1) is 0 Å². The zero-order valence-corrected chi connectivity index (χ0v) is 17.3. The molecule has 0 fully saturated rings. The number of carbonyl (C=O) groups excluding carboxylic acids is 1. The lowest BCUT2D eigenvalue weighted by Gasteiger charge is -2.23. The minimum atomic E-state index is -0.241. The molecule has 1 aliphatic rings. The maximum atomic E-state index is 12.5. The lowest BCUT2D eigenvalue weighted by molar-refractivity contribution is -0.136. The first-order chi connectivity index (χ1) is 14.7. The zero-order valence-electron chi connectivity index (χ0n) is 17.3. The van der Waals surface area contributed by atoms with E-state index in [0.717, 1.165) is 36.1 Å². The van der Waals surface area contributed by atoms with E-state index in [1.165, 1.54) is 11.2 Å². The third-order valence-corrected chi connectivity index (χ3v) is 4.44. The fourth-order valence-electron chi connectivity index (χ4n) is 2.92. The van der Waals surface area contributed by atoms with Gasteiger partial charge in [0.15, 0.2) is 18.1 Å². The summed E-state index contributed by atoms with van der Waals surface area (Å²) in [5, 5.41) is 9.81. The Labute approximate surface area is 176 Å². The molecule has 0 aliphatic carbocycles. The van der Waals surface area contributed by atoms with Crippen LogP contribution in [0.4, 0.5) is 0 Å². The van der Waals surface area contributed by atoms with Crippen LogP contribution in [0.1, 0.15) is 37.3 Å². The number of benzene rings is 1. The first kappa shape index (κ1) is 21.3. The van der Waals surface area contributed by atoms with E-state index in [1.807, 2.05) is 25.1 Å². The topological polar surface area (TPSA) is 85.6 Å². The van der Waals surface area contributed by atoms with Crippen LogP contribution in [0.2, 0.25) is 0 Å². The van der Waals surface area contributed by atoms with E-state index in [4.69, 9.17) is 14.3 Å². The highest BCUT2D eigenvalue weighted by Crippen LogP contribution is 2.29. The molecule has 0 saturated carbocycles. The first-order valence-corrected chi connectivity index (χ1v) is 9.95. The van der Waals surface area contributed by atoms with Crippen molar-refractivity contribution in [1.29, 1.82) is 0 Å². The monoisotopic (exact) mass is 410 g/mol. The number of amides is 1. The summed E-state index contributed by atoms with van der Waals surface area (Å²) in [5.41, 5.74) is 2.59. The highest BCUT2D eigenvalue weighted by molar-refractivity contribution is 6.02. The van der Waals surface area contributed by atoms with Crippen molar-refractivity contribution in [3.05, 3.63) is 53.9 Å². The first-order valence-electron chi connectivity index (χ1n) is 9.95. The zero-order chi connectivity index (χ0) is 21.2. The fourth-order valence-corrected chi connectivity index (χ4v) is 2.92. The Balaban J connectivity index is 1.64. The molecule has 8 heteroatoms. The number of nitrogens with zero attached hydrogens (tertiary/aromatic N) is 4. The summed E-state index contributed by atoms with van der Waals surface area (Å²) in [6.07, 6.45) is 7.37. The van der Waals surface area contributed by atoms with E-state index in [1.54, 1.807) is 31.6 Å². The minimum absolute atomic E-state index is 0.175. The number of oxime groups is 1. The van der Waals surface area contributed by atoms with Gasteiger partial charge in [0.05, 0.1) is 25.6 Å². The van der Waals surface area contributed by atoms with Gasteiger partial charge in [0, 0.05) is 24.5 Å². The van der Waals surface area contributed by atoms with Gasteiger partial charge in [0.25, 0.3) is 5.91 Å². The number of pyridine rings is 1. The van der Waals surface area contributed by atoms with Gasteiger partial charge in [0.1, 0.15) is 0 Å². The van der Waals surface area contributed by atoms with E-state index in [2.05, 4.69) is 15.2 Å². The van der Waals surface area contributed by atoms with Gasteiger partial charge in [0.2, 0.25) is 0 Å². The van der Waals surface area contributed by atoms with Crippen molar-refractivity contribution in [1.82, 2.24) is 9.99 Å². The summed E-state index contributed by atoms with van der Waals surface area (Å²) in [5.74, 6) is 1.11. The SMILES string of the molecule is CCCOc1cc(C2=NN(C(=O)CO/N=C/c3ccncc3)CCC2)ccc1OC. The van der Waals surface area contributed by atoms with Crippen LogP contribution in [-0.2, 0) is 9.63 Å². The molecule has 0 unspecified atom stereocenters. The molecule has 3 rings (SSSR count). The summed E-state index contributed by atoms with van der Waals surface area (Å²) in [6.45, 7) is 3.03. The number of hydrogen-bond donors (Lipinski definition) is 0. The standard InChI is InChI=1S/C22H26N4O4/c1-3-13-29-21-14-18(6-7-20(21)28-2)19-5-4-12-26(25-19)22(27)16-30-24-15-17-8-10-23-11-9-17/h6-11,14-15H,3-5,12-13,16H2,1-2H3/b24-15+. The number of carbonyl (C=O) groups is 1. The fraction of sp³-hybridized carbons (Fsp3) is 0.364. The number of rotatable bonds is 9. The Morgan fingerprint density at radius 3 is 2.83 bits per heavy atom. The van der Waals surface area contributed by atoms with Gasteiger partial charge < -0.3 is 14.3 Å². The molecule has 158 valence electrons. The third-order valence-electron chi connectivity index (χ3n) is 4.44. The number of methoxy groups -OCH3 is 1. The summed E-state index contributed by atoms with van der Waals surface area (Å²) in [6, 6.07) is 9.30. The molecule has 1 aromatic heterocycles. The molecular formula is C22H26N4O4. The predicted octanol–water partition coefficient (Wildman–Crippen LogP) is 3.26. The van der Waals surface area contributed by atoms with E-state index in [0.29, 0.717) is 24.7 Å². The third kappa shape index (κ3) is 5.79. The van der Waals surface area contributed by atoms with Crippen LogP contribution in [0.25, 0.3) is 0 Å². The smallest absolute Gasteiger partial charge is 0.283 e. The molecule has 0 radical (unpaired) electrons. The van der Waals surface area contributed by atoms with Crippen LogP contribution in [-0.4, -0.2) is 54.7 Å². The Morgan fingerprint density at radius 1 is 1.23 bits per heavy atom.